The SMILES string of the molecule is CCOC(=O)c1ccc(OCc2ccc(C(F)(F)F)cc2)c(OC)c1.COc1cc(C(=O)O)ccc1OCc1ccc(C(F)(F)F)cc1. The molecule has 0 fully saturated rings. The first-order valence-electron chi connectivity index (χ1n) is 14.0. The zero-order valence-electron chi connectivity index (χ0n) is 25.8. The third-order valence-electron chi connectivity index (χ3n) is 6.44. The molecule has 0 atom stereocenters. The maximum atomic E-state index is 12.5. The quantitative estimate of drug-likeness (QED) is 0.124. The number of ether oxygens (including phenoxy) is 5. The van der Waals surface area contributed by atoms with Crippen LogP contribution < -0.4 is 18.9 Å². The number of carbonyl (C=O) groups is 2. The van der Waals surface area contributed by atoms with Gasteiger partial charge in [0.15, 0.2) is 23.0 Å². The third-order valence-corrected chi connectivity index (χ3v) is 6.44. The normalized spacial score (nSPS) is 11.1. The molecule has 8 nitrogen and oxygen atoms in total. The molecule has 0 bridgehead atoms. The Bertz CT molecular complexity index is 1670. The Kier molecular flexibility index (Phi) is 12.7. The van der Waals surface area contributed by atoms with Crippen molar-refractivity contribution < 1.29 is 64.7 Å². The topological polar surface area (TPSA) is 101 Å². The van der Waals surface area contributed by atoms with Gasteiger partial charge in [-0.3, -0.25) is 0 Å². The van der Waals surface area contributed by atoms with Gasteiger partial charge < -0.3 is 28.8 Å². The summed E-state index contributed by atoms with van der Waals surface area (Å²) >= 11 is 0. The number of carboxylic acid groups (broad SMARTS) is 1. The molecule has 0 spiro atoms. The van der Waals surface area contributed by atoms with Gasteiger partial charge in [0, 0.05) is 0 Å². The van der Waals surface area contributed by atoms with Crippen LogP contribution >= 0.6 is 0 Å². The molecule has 0 aliphatic rings. The monoisotopic (exact) mass is 680 g/mol. The summed E-state index contributed by atoms with van der Waals surface area (Å²) in [5.74, 6) is -0.338. The summed E-state index contributed by atoms with van der Waals surface area (Å²) in [6.07, 6.45) is -8.75. The highest BCUT2D eigenvalue weighted by molar-refractivity contribution is 5.90. The first kappa shape index (κ1) is 37.1. The molecule has 14 heteroatoms. The molecule has 0 unspecified atom stereocenters. The molecular weight excluding hydrogens is 650 g/mol. The Morgan fingerprint density at radius 1 is 0.604 bits per heavy atom. The maximum absolute atomic E-state index is 12.5. The summed E-state index contributed by atoms with van der Waals surface area (Å²) in [6.45, 7) is 2.05. The predicted molar refractivity (Wildman–Crippen MR) is 160 cm³/mol. The van der Waals surface area contributed by atoms with Gasteiger partial charge in [0.1, 0.15) is 13.2 Å². The molecule has 4 aromatic carbocycles. The smallest absolute Gasteiger partial charge is 0.416 e. The lowest BCUT2D eigenvalue weighted by Gasteiger charge is -2.12. The molecule has 0 aliphatic carbocycles. The molecule has 1 N–H and O–H groups in total. The number of carbonyl (C=O) groups excluding carboxylic acids is 1. The van der Waals surface area contributed by atoms with Gasteiger partial charge in [0.25, 0.3) is 0 Å². The van der Waals surface area contributed by atoms with Crippen molar-refractivity contribution in [3.8, 4) is 23.0 Å². The molecule has 48 heavy (non-hydrogen) atoms. The Balaban J connectivity index is 0.000000261. The minimum Gasteiger partial charge on any atom is -0.493 e. The van der Waals surface area contributed by atoms with E-state index >= 15 is 0 Å². The zero-order valence-corrected chi connectivity index (χ0v) is 25.8. The van der Waals surface area contributed by atoms with Crippen LogP contribution in [0.25, 0.3) is 0 Å². The highest BCUT2D eigenvalue weighted by Gasteiger charge is 2.30. The van der Waals surface area contributed by atoms with E-state index < -0.39 is 35.4 Å². The van der Waals surface area contributed by atoms with Crippen LogP contribution in [0, 0.1) is 0 Å². The Morgan fingerprint density at radius 2 is 1.00 bits per heavy atom. The number of halogens is 6. The number of hydrogen-bond donors (Lipinski definition) is 1. The van der Waals surface area contributed by atoms with E-state index in [4.69, 9.17) is 28.8 Å². The van der Waals surface area contributed by atoms with Crippen molar-refractivity contribution in [2.24, 2.45) is 0 Å². The van der Waals surface area contributed by atoms with Gasteiger partial charge in [0.05, 0.1) is 43.1 Å². The number of alkyl halides is 6. The number of hydrogen-bond acceptors (Lipinski definition) is 7. The fourth-order valence-corrected chi connectivity index (χ4v) is 3.95. The molecule has 256 valence electrons. The number of methoxy groups -OCH3 is 2. The maximum Gasteiger partial charge on any atom is 0.416 e. The molecule has 0 aromatic heterocycles. The minimum atomic E-state index is -4.38. The van der Waals surface area contributed by atoms with Gasteiger partial charge in [0.2, 0.25) is 0 Å². The second kappa shape index (κ2) is 16.4. The Labute approximate surface area is 271 Å². The van der Waals surface area contributed by atoms with Crippen molar-refractivity contribution in [1.29, 1.82) is 0 Å². The van der Waals surface area contributed by atoms with Gasteiger partial charge >= 0.3 is 24.3 Å². The molecule has 4 rings (SSSR count). The second-order valence-corrected chi connectivity index (χ2v) is 9.72. The fourth-order valence-electron chi connectivity index (χ4n) is 3.95. The largest absolute Gasteiger partial charge is 0.493 e. The van der Waals surface area contributed by atoms with Crippen LogP contribution in [-0.2, 0) is 30.3 Å². The predicted octanol–water partition coefficient (Wildman–Crippen LogP) is 8.46. The first-order chi connectivity index (χ1) is 22.7. The van der Waals surface area contributed by atoms with Crippen LogP contribution in [0.2, 0.25) is 0 Å². The molecule has 0 heterocycles. The van der Waals surface area contributed by atoms with Crippen molar-refractivity contribution in [1.82, 2.24) is 0 Å². The number of rotatable bonds is 11. The van der Waals surface area contributed by atoms with Crippen molar-refractivity contribution in [3.63, 3.8) is 0 Å². The summed E-state index contributed by atoms with van der Waals surface area (Å²) in [6, 6.07) is 18.0. The summed E-state index contributed by atoms with van der Waals surface area (Å²) in [5.41, 5.74) is 0.0356. The molecular formula is C34H30F6O8. The van der Waals surface area contributed by atoms with Crippen LogP contribution in [0.4, 0.5) is 26.3 Å². The summed E-state index contributed by atoms with van der Waals surface area (Å²) in [4.78, 5) is 22.6. The van der Waals surface area contributed by atoms with E-state index in [1.165, 1.54) is 68.8 Å². The van der Waals surface area contributed by atoms with Gasteiger partial charge in [-0.25, -0.2) is 9.59 Å². The van der Waals surface area contributed by atoms with Crippen LogP contribution in [0.15, 0.2) is 84.9 Å². The first-order valence-corrected chi connectivity index (χ1v) is 14.0. The van der Waals surface area contributed by atoms with Gasteiger partial charge in [-0.1, -0.05) is 24.3 Å². The van der Waals surface area contributed by atoms with Crippen LogP contribution in [0.1, 0.15) is 49.9 Å². The molecule has 0 saturated heterocycles. The Morgan fingerprint density at radius 3 is 1.35 bits per heavy atom. The lowest BCUT2D eigenvalue weighted by molar-refractivity contribution is -0.138. The summed E-state index contributed by atoms with van der Waals surface area (Å²) in [5, 5.41) is 8.91. The van der Waals surface area contributed by atoms with E-state index in [1.54, 1.807) is 13.0 Å². The highest BCUT2D eigenvalue weighted by atomic mass is 19.4. The van der Waals surface area contributed by atoms with Crippen molar-refractivity contribution in [2.45, 2.75) is 32.5 Å². The number of esters is 1. The average molecular weight is 681 g/mol. The number of aromatic carboxylic acids is 1. The standard InChI is InChI=1S/C18H17F3O4.C16H13F3O4/c1-3-24-17(22)13-6-9-15(16(10-13)23-2)25-11-12-4-7-14(8-5-12)18(19,20)21;1-22-14-8-11(15(20)21)4-7-13(14)23-9-10-2-5-12(6-3-10)16(17,18)19/h4-10H,3,11H2,1-2H3;2-8H,9H2,1H3,(H,20,21). The van der Waals surface area contributed by atoms with Crippen molar-refractivity contribution in [2.75, 3.05) is 20.8 Å². The fraction of sp³-hybridized carbons (Fsp3) is 0.235. The van der Waals surface area contributed by atoms with Gasteiger partial charge in [-0.05, 0) is 78.7 Å². The van der Waals surface area contributed by atoms with Crippen molar-refractivity contribution in [3.05, 3.63) is 118 Å². The average Bonchev–Trinajstić information content (AvgIpc) is 3.06. The van der Waals surface area contributed by atoms with Gasteiger partial charge in [-0.15, -0.1) is 0 Å². The van der Waals surface area contributed by atoms with E-state index in [0.717, 1.165) is 24.3 Å². The zero-order chi connectivity index (χ0) is 35.5. The van der Waals surface area contributed by atoms with Gasteiger partial charge in [-0.2, -0.15) is 26.3 Å². The number of carboxylic acids is 1. The van der Waals surface area contributed by atoms with E-state index in [0.29, 0.717) is 33.9 Å². The van der Waals surface area contributed by atoms with E-state index in [2.05, 4.69) is 0 Å². The summed E-state index contributed by atoms with van der Waals surface area (Å²) in [7, 11) is 2.79. The van der Waals surface area contributed by atoms with E-state index in [1.807, 2.05) is 0 Å². The Hall–Kier alpha value is -5.40. The molecule has 0 saturated carbocycles. The van der Waals surface area contributed by atoms with Crippen LogP contribution in [0.5, 0.6) is 23.0 Å². The van der Waals surface area contributed by atoms with Crippen LogP contribution in [0.3, 0.4) is 0 Å². The highest BCUT2D eigenvalue weighted by Crippen LogP contribution is 2.32. The lowest BCUT2D eigenvalue weighted by Crippen LogP contribution is -2.06. The second-order valence-electron chi connectivity index (χ2n) is 9.72. The van der Waals surface area contributed by atoms with Crippen molar-refractivity contribution >= 4 is 11.9 Å². The molecule has 0 radical (unpaired) electrons. The van der Waals surface area contributed by atoms with Crippen LogP contribution in [-0.4, -0.2) is 37.9 Å². The molecule has 4 aromatic rings. The van der Waals surface area contributed by atoms with E-state index in [9.17, 15) is 35.9 Å². The molecule has 0 aliphatic heterocycles. The summed E-state index contributed by atoms with van der Waals surface area (Å²) < 4.78 is 101. The lowest BCUT2D eigenvalue weighted by atomic mass is 10.1. The minimum absolute atomic E-state index is 0.0287. The third kappa shape index (κ3) is 10.6. The number of benzene rings is 4. The molecule has 0 amide bonds. The van der Waals surface area contributed by atoms with E-state index in [-0.39, 0.29) is 31.1 Å².